The van der Waals surface area contributed by atoms with Gasteiger partial charge in [-0.3, -0.25) is 14.9 Å². The van der Waals surface area contributed by atoms with E-state index in [1.54, 1.807) is 6.07 Å². The van der Waals surface area contributed by atoms with E-state index >= 15 is 0 Å². The maximum absolute atomic E-state index is 11.9. The first-order chi connectivity index (χ1) is 12.7. The van der Waals surface area contributed by atoms with E-state index in [-0.39, 0.29) is 17.1 Å². The molecular formula is C17H17N5O4. The zero-order valence-electron chi connectivity index (χ0n) is 13.9. The third-order valence-corrected chi connectivity index (χ3v) is 3.88. The maximum atomic E-state index is 11.9. The fraction of sp³-hybridized carbons (Fsp3) is 0.235. The Balaban J connectivity index is 0.000000152. The van der Waals surface area contributed by atoms with Crippen LogP contribution < -0.4 is 5.32 Å². The Labute approximate surface area is 148 Å². The molecule has 2 heterocycles. The number of nitro benzene ring substituents is 1. The van der Waals surface area contributed by atoms with Crippen LogP contribution in [0.1, 0.15) is 10.4 Å². The topological polar surface area (TPSA) is 114 Å². The molecule has 26 heavy (non-hydrogen) atoms. The number of carbonyl (C=O) groups excluding carboxylic acids is 1. The van der Waals surface area contributed by atoms with Crippen molar-refractivity contribution < 1.29 is 14.2 Å². The van der Waals surface area contributed by atoms with E-state index in [4.69, 9.17) is 0 Å². The van der Waals surface area contributed by atoms with E-state index in [1.165, 1.54) is 12.1 Å². The summed E-state index contributed by atoms with van der Waals surface area (Å²) >= 11 is 0. The molecule has 0 radical (unpaired) electrons. The van der Waals surface area contributed by atoms with Crippen LogP contribution in [-0.4, -0.2) is 52.3 Å². The van der Waals surface area contributed by atoms with Crippen LogP contribution in [0.4, 0.5) is 5.69 Å². The molecule has 1 N–H and O–H groups in total. The molecular weight excluding hydrogens is 338 g/mol. The minimum absolute atomic E-state index is 0.0891. The molecule has 0 atom stereocenters. The highest BCUT2D eigenvalue weighted by molar-refractivity contribution is 5.94. The summed E-state index contributed by atoms with van der Waals surface area (Å²) in [6.45, 7) is 3.43. The van der Waals surface area contributed by atoms with Crippen LogP contribution >= 0.6 is 0 Å². The summed E-state index contributed by atoms with van der Waals surface area (Å²) in [5.41, 5.74) is 1.20. The molecule has 0 unspecified atom stereocenters. The Hall–Kier alpha value is -3.33. The van der Waals surface area contributed by atoms with Crippen LogP contribution in [0.2, 0.25) is 0 Å². The van der Waals surface area contributed by atoms with Gasteiger partial charge in [-0.2, -0.15) is 0 Å². The normalized spacial score (nSPS) is 13.8. The Bertz CT molecular complexity index is 890. The summed E-state index contributed by atoms with van der Waals surface area (Å²) in [7, 11) is 0. The molecule has 4 rings (SSSR count). The standard InChI is InChI=1S/C11H14N2O.C6H3N3O3/c14-11(10-4-2-1-3-5-10)13-8-6-12-7-9-13;10-9(11)4-2-1-3-5-6(4)7-8-12-5/h1-5,12H,6-9H2;1-3H. The van der Waals surface area contributed by atoms with Crippen LogP contribution in [0.5, 0.6) is 0 Å². The SMILES string of the molecule is O=C(c1ccccc1)N1CCNCC1.O=[N+]([O-])c1cccc2onnc12. The van der Waals surface area contributed by atoms with Gasteiger partial charge in [0.1, 0.15) is 0 Å². The van der Waals surface area contributed by atoms with E-state index in [9.17, 15) is 14.9 Å². The average Bonchev–Trinajstić information content (AvgIpc) is 3.18. The average molecular weight is 355 g/mol. The number of non-ortho nitro benzene ring substituents is 1. The number of nitrogens with zero attached hydrogens (tertiary/aromatic N) is 4. The maximum Gasteiger partial charge on any atom is 0.300 e. The highest BCUT2D eigenvalue weighted by Gasteiger charge is 2.17. The Kier molecular flexibility index (Phi) is 5.49. The smallest absolute Gasteiger partial charge is 0.300 e. The Morgan fingerprint density at radius 2 is 1.85 bits per heavy atom. The zero-order chi connectivity index (χ0) is 18.4. The molecule has 1 amide bonds. The molecule has 9 heteroatoms. The van der Waals surface area contributed by atoms with Gasteiger partial charge < -0.3 is 14.7 Å². The van der Waals surface area contributed by atoms with Gasteiger partial charge in [0.25, 0.3) is 5.91 Å². The van der Waals surface area contributed by atoms with Crippen LogP contribution in [0, 0.1) is 10.1 Å². The van der Waals surface area contributed by atoms with Crippen LogP contribution in [-0.2, 0) is 0 Å². The van der Waals surface area contributed by atoms with Crippen molar-refractivity contribution in [3.05, 3.63) is 64.2 Å². The number of hydrogen-bond donors (Lipinski definition) is 1. The van der Waals surface area contributed by atoms with Gasteiger partial charge >= 0.3 is 5.69 Å². The third kappa shape index (κ3) is 4.01. The highest BCUT2D eigenvalue weighted by Crippen LogP contribution is 2.21. The first kappa shape index (κ1) is 17.5. The number of rotatable bonds is 2. The Morgan fingerprint density at radius 3 is 2.54 bits per heavy atom. The quantitative estimate of drug-likeness (QED) is 0.551. The summed E-state index contributed by atoms with van der Waals surface area (Å²) in [5, 5.41) is 20.3. The molecule has 0 aliphatic carbocycles. The largest absolute Gasteiger partial charge is 0.337 e. The van der Waals surface area contributed by atoms with Crippen molar-refractivity contribution >= 4 is 22.7 Å². The summed E-state index contributed by atoms with van der Waals surface area (Å²) in [6, 6.07) is 13.9. The second-order valence-electron chi connectivity index (χ2n) is 5.56. The third-order valence-electron chi connectivity index (χ3n) is 3.88. The van der Waals surface area contributed by atoms with Crippen molar-refractivity contribution in [1.82, 2.24) is 20.6 Å². The lowest BCUT2D eigenvalue weighted by Gasteiger charge is -2.27. The lowest BCUT2D eigenvalue weighted by Crippen LogP contribution is -2.46. The summed E-state index contributed by atoms with van der Waals surface area (Å²) < 4.78 is 4.64. The van der Waals surface area contributed by atoms with Crippen molar-refractivity contribution in [2.75, 3.05) is 26.2 Å². The first-order valence-electron chi connectivity index (χ1n) is 8.07. The summed E-state index contributed by atoms with van der Waals surface area (Å²) in [6.07, 6.45) is 0. The van der Waals surface area contributed by atoms with Gasteiger partial charge in [-0.1, -0.05) is 24.3 Å². The zero-order valence-corrected chi connectivity index (χ0v) is 13.9. The fourth-order valence-electron chi connectivity index (χ4n) is 2.57. The molecule has 1 saturated heterocycles. The van der Waals surface area contributed by atoms with Crippen LogP contribution in [0.15, 0.2) is 53.1 Å². The number of nitro groups is 1. The number of aromatic nitrogens is 2. The molecule has 1 fully saturated rings. The molecule has 1 aliphatic heterocycles. The number of carbonyl (C=O) groups is 1. The number of hydrogen-bond acceptors (Lipinski definition) is 7. The monoisotopic (exact) mass is 355 g/mol. The van der Waals surface area contributed by atoms with Crippen molar-refractivity contribution in [3.63, 3.8) is 0 Å². The highest BCUT2D eigenvalue weighted by atomic mass is 16.6. The van der Waals surface area contributed by atoms with Gasteiger partial charge in [-0.25, -0.2) is 0 Å². The molecule has 1 aliphatic rings. The van der Waals surface area contributed by atoms with Gasteiger partial charge in [0, 0.05) is 43.1 Å². The van der Waals surface area contributed by atoms with Gasteiger partial charge in [0.15, 0.2) is 5.58 Å². The number of fused-ring (bicyclic) bond motifs is 1. The lowest BCUT2D eigenvalue weighted by molar-refractivity contribution is -0.383. The van der Waals surface area contributed by atoms with Crippen LogP contribution in [0.3, 0.4) is 0 Å². The first-order valence-corrected chi connectivity index (χ1v) is 8.07. The minimum Gasteiger partial charge on any atom is -0.337 e. The number of nitrogens with one attached hydrogen (secondary N) is 1. The van der Waals surface area contributed by atoms with Gasteiger partial charge in [-0.15, -0.1) is 5.10 Å². The van der Waals surface area contributed by atoms with Crippen molar-refractivity contribution in [2.45, 2.75) is 0 Å². The molecule has 1 aromatic heterocycles. The van der Waals surface area contributed by atoms with Gasteiger partial charge in [0.05, 0.1) is 4.92 Å². The van der Waals surface area contributed by atoms with Crippen molar-refractivity contribution in [2.24, 2.45) is 0 Å². The predicted molar refractivity (Wildman–Crippen MR) is 93.7 cm³/mol. The summed E-state index contributed by atoms with van der Waals surface area (Å²) in [5.74, 6) is 0.145. The van der Waals surface area contributed by atoms with Crippen molar-refractivity contribution in [3.8, 4) is 0 Å². The molecule has 2 aromatic carbocycles. The molecule has 134 valence electrons. The van der Waals surface area contributed by atoms with Crippen LogP contribution in [0.25, 0.3) is 11.1 Å². The van der Waals surface area contributed by atoms with Gasteiger partial charge in [0.2, 0.25) is 5.52 Å². The molecule has 0 bridgehead atoms. The van der Waals surface area contributed by atoms with Crippen molar-refractivity contribution in [1.29, 1.82) is 0 Å². The summed E-state index contributed by atoms with van der Waals surface area (Å²) in [4.78, 5) is 23.7. The second kappa shape index (κ2) is 8.17. The number of amides is 1. The Morgan fingerprint density at radius 1 is 1.12 bits per heavy atom. The van der Waals surface area contributed by atoms with Gasteiger partial charge in [-0.05, 0) is 18.2 Å². The molecule has 0 saturated carbocycles. The van der Waals surface area contributed by atoms with E-state index in [1.807, 2.05) is 35.2 Å². The minimum atomic E-state index is -0.521. The van der Waals surface area contributed by atoms with E-state index in [0.717, 1.165) is 31.7 Å². The number of piperazine rings is 1. The molecule has 3 aromatic rings. The molecule has 9 nitrogen and oxygen atoms in total. The van der Waals surface area contributed by atoms with E-state index in [2.05, 4.69) is 20.2 Å². The van der Waals surface area contributed by atoms with E-state index in [0.29, 0.717) is 5.58 Å². The lowest BCUT2D eigenvalue weighted by atomic mass is 10.2. The second-order valence-corrected chi connectivity index (χ2v) is 5.56. The fourth-order valence-corrected chi connectivity index (χ4v) is 2.57. The number of benzene rings is 2. The van der Waals surface area contributed by atoms with E-state index < -0.39 is 4.92 Å². The predicted octanol–water partition coefficient (Wildman–Crippen LogP) is 1.86. The molecule has 0 spiro atoms.